The average molecular weight is 257 g/mol. The predicted molar refractivity (Wildman–Crippen MR) is 78.9 cm³/mol. The van der Waals surface area contributed by atoms with Gasteiger partial charge >= 0.3 is 0 Å². The summed E-state index contributed by atoms with van der Waals surface area (Å²) in [6.07, 6.45) is 0. The van der Waals surface area contributed by atoms with Crippen LogP contribution in [0.25, 0.3) is 11.1 Å². The van der Waals surface area contributed by atoms with Crippen molar-refractivity contribution in [2.75, 3.05) is 20.0 Å². The minimum absolute atomic E-state index is 0.733. The summed E-state index contributed by atoms with van der Waals surface area (Å²) in [5.41, 5.74) is 10.8. The fourth-order valence-corrected chi connectivity index (χ4v) is 2.26. The van der Waals surface area contributed by atoms with Gasteiger partial charge in [0.15, 0.2) is 0 Å². The minimum Gasteiger partial charge on any atom is -0.496 e. The van der Waals surface area contributed by atoms with E-state index >= 15 is 0 Å². The second-order valence-electron chi connectivity index (χ2n) is 4.54. The molecule has 0 fully saturated rings. The first-order valence-electron chi connectivity index (χ1n) is 6.16. The topological polar surface area (TPSA) is 44.5 Å². The molecule has 0 aliphatic rings. The lowest BCUT2D eigenvalue weighted by molar-refractivity contribution is 0.399. The molecule has 0 radical (unpaired) electrons. The van der Waals surface area contributed by atoms with Crippen LogP contribution in [0.5, 0.6) is 11.5 Å². The SMILES string of the molecule is COc1cc(-c2cccc(N)c2)c(OC)c(C)c1C. The van der Waals surface area contributed by atoms with E-state index in [1.807, 2.05) is 44.2 Å². The molecule has 100 valence electrons. The van der Waals surface area contributed by atoms with E-state index in [1.54, 1.807) is 14.2 Å². The molecule has 2 N–H and O–H groups in total. The predicted octanol–water partition coefficient (Wildman–Crippen LogP) is 3.57. The summed E-state index contributed by atoms with van der Waals surface area (Å²) in [4.78, 5) is 0. The Morgan fingerprint density at radius 3 is 2.26 bits per heavy atom. The molecule has 0 saturated carbocycles. The highest BCUT2D eigenvalue weighted by Crippen LogP contribution is 2.39. The van der Waals surface area contributed by atoms with Gasteiger partial charge in [-0.25, -0.2) is 0 Å². The normalized spacial score (nSPS) is 10.3. The van der Waals surface area contributed by atoms with E-state index in [1.165, 1.54) is 0 Å². The first kappa shape index (κ1) is 13.3. The molecule has 0 atom stereocenters. The highest BCUT2D eigenvalue weighted by Gasteiger charge is 2.15. The maximum atomic E-state index is 5.85. The number of hydrogen-bond donors (Lipinski definition) is 1. The van der Waals surface area contributed by atoms with E-state index in [2.05, 4.69) is 0 Å². The maximum Gasteiger partial charge on any atom is 0.130 e. The van der Waals surface area contributed by atoms with Gasteiger partial charge < -0.3 is 15.2 Å². The van der Waals surface area contributed by atoms with Gasteiger partial charge in [0.05, 0.1) is 14.2 Å². The molecule has 0 saturated heterocycles. The Labute approximate surface area is 114 Å². The Hall–Kier alpha value is -2.16. The zero-order valence-corrected chi connectivity index (χ0v) is 11.8. The van der Waals surface area contributed by atoms with Crippen molar-refractivity contribution in [3.8, 4) is 22.6 Å². The first-order chi connectivity index (χ1) is 9.08. The van der Waals surface area contributed by atoms with Gasteiger partial charge in [0, 0.05) is 11.3 Å². The highest BCUT2D eigenvalue weighted by molar-refractivity contribution is 5.77. The summed E-state index contributed by atoms with van der Waals surface area (Å²) in [6, 6.07) is 9.75. The van der Waals surface area contributed by atoms with Crippen LogP contribution in [0.1, 0.15) is 11.1 Å². The van der Waals surface area contributed by atoms with Crippen molar-refractivity contribution < 1.29 is 9.47 Å². The number of ether oxygens (including phenoxy) is 2. The maximum absolute atomic E-state index is 5.85. The van der Waals surface area contributed by atoms with Crippen LogP contribution in [0.4, 0.5) is 5.69 Å². The van der Waals surface area contributed by atoms with Crippen LogP contribution >= 0.6 is 0 Å². The second kappa shape index (κ2) is 5.22. The number of hydrogen-bond acceptors (Lipinski definition) is 3. The quantitative estimate of drug-likeness (QED) is 0.855. The lowest BCUT2D eigenvalue weighted by Gasteiger charge is -2.17. The van der Waals surface area contributed by atoms with Crippen LogP contribution < -0.4 is 15.2 Å². The van der Waals surface area contributed by atoms with Crippen LogP contribution in [0.15, 0.2) is 30.3 Å². The lowest BCUT2D eigenvalue weighted by Crippen LogP contribution is -1.98. The first-order valence-corrected chi connectivity index (χ1v) is 6.16. The third-order valence-corrected chi connectivity index (χ3v) is 3.41. The van der Waals surface area contributed by atoms with E-state index in [9.17, 15) is 0 Å². The molecule has 3 heteroatoms. The van der Waals surface area contributed by atoms with E-state index in [-0.39, 0.29) is 0 Å². The summed E-state index contributed by atoms with van der Waals surface area (Å²) in [7, 11) is 3.36. The molecule has 2 aromatic carbocycles. The molecule has 0 amide bonds. The zero-order valence-electron chi connectivity index (χ0n) is 11.8. The van der Waals surface area contributed by atoms with Crippen LogP contribution in [0.3, 0.4) is 0 Å². The second-order valence-corrected chi connectivity index (χ2v) is 4.54. The largest absolute Gasteiger partial charge is 0.496 e. The smallest absolute Gasteiger partial charge is 0.130 e. The van der Waals surface area contributed by atoms with Gasteiger partial charge in [-0.05, 0) is 48.7 Å². The number of methoxy groups -OCH3 is 2. The van der Waals surface area contributed by atoms with Crippen molar-refractivity contribution in [3.63, 3.8) is 0 Å². The third kappa shape index (κ3) is 2.36. The molecule has 3 nitrogen and oxygen atoms in total. The average Bonchev–Trinajstić information content (AvgIpc) is 2.41. The molecule has 19 heavy (non-hydrogen) atoms. The van der Waals surface area contributed by atoms with E-state index in [4.69, 9.17) is 15.2 Å². The lowest BCUT2D eigenvalue weighted by atomic mass is 9.97. The molecule has 0 aliphatic heterocycles. The Kier molecular flexibility index (Phi) is 3.65. The Balaban J connectivity index is 2.71. The molecule has 0 unspecified atom stereocenters. The summed E-state index contributed by atoms with van der Waals surface area (Å²) in [5, 5.41) is 0. The summed E-state index contributed by atoms with van der Waals surface area (Å²) in [5.74, 6) is 1.72. The molecular formula is C16H19NO2. The third-order valence-electron chi connectivity index (χ3n) is 3.41. The van der Waals surface area contributed by atoms with Gasteiger partial charge in [-0.3, -0.25) is 0 Å². The van der Waals surface area contributed by atoms with E-state index < -0.39 is 0 Å². The highest BCUT2D eigenvalue weighted by atomic mass is 16.5. The number of benzene rings is 2. The monoisotopic (exact) mass is 257 g/mol. The summed E-state index contributed by atoms with van der Waals surface area (Å²) in [6.45, 7) is 4.06. The van der Waals surface area contributed by atoms with Gasteiger partial charge in [0.2, 0.25) is 0 Å². The Bertz CT molecular complexity index is 606. The van der Waals surface area contributed by atoms with E-state index in [0.29, 0.717) is 0 Å². The van der Waals surface area contributed by atoms with Crippen molar-refractivity contribution in [1.29, 1.82) is 0 Å². The summed E-state index contributed by atoms with van der Waals surface area (Å²) < 4.78 is 11.0. The molecule has 0 aliphatic carbocycles. The molecule has 2 rings (SSSR count). The molecular weight excluding hydrogens is 238 g/mol. The van der Waals surface area contributed by atoms with Crippen LogP contribution in [-0.4, -0.2) is 14.2 Å². The fraction of sp³-hybridized carbons (Fsp3) is 0.250. The van der Waals surface area contributed by atoms with Crippen LogP contribution in [0, 0.1) is 13.8 Å². The zero-order chi connectivity index (χ0) is 14.0. The van der Waals surface area contributed by atoms with Crippen LogP contribution in [-0.2, 0) is 0 Å². The van der Waals surface area contributed by atoms with Crippen molar-refractivity contribution >= 4 is 5.69 Å². The van der Waals surface area contributed by atoms with Crippen molar-refractivity contribution in [2.45, 2.75) is 13.8 Å². The Morgan fingerprint density at radius 1 is 0.947 bits per heavy atom. The van der Waals surface area contributed by atoms with Gasteiger partial charge in [-0.15, -0.1) is 0 Å². The number of anilines is 1. The van der Waals surface area contributed by atoms with Crippen molar-refractivity contribution in [2.24, 2.45) is 0 Å². The molecule has 0 aromatic heterocycles. The van der Waals surface area contributed by atoms with Crippen molar-refractivity contribution in [3.05, 3.63) is 41.5 Å². The number of nitrogens with two attached hydrogens (primary N) is 1. The van der Waals surface area contributed by atoms with Crippen molar-refractivity contribution in [1.82, 2.24) is 0 Å². The Morgan fingerprint density at radius 2 is 1.68 bits per heavy atom. The summed E-state index contributed by atoms with van der Waals surface area (Å²) >= 11 is 0. The van der Waals surface area contributed by atoms with Gasteiger partial charge in [0.1, 0.15) is 11.5 Å². The standard InChI is InChI=1S/C16H19NO2/c1-10-11(2)16(19-4)14(9-15(10)18-3)12-6-5-7-13(17)8-12/h5-9H,17H2,1-4H3. The molecule has 0 heterocycles. The fourth-order valence-electron chi connectivity index (χ4n) is 2.26. The molecule has 2 aromatic rings. The van der Waals surface area contributed by atoms with Gasteiger partial charge in [-0.2, -0.15) is 0 Å². The van der Waals surface area contributed by atoms with Gasteiger partial charge in [-0.1, -0.05) is 12.1 Å². The number of rotatable bonds is 3. The number of nitrogen functional groups attached to an aromatic ring is 1. The van der Waals surface area contributed by atoms with Crippen LogP contribution in [0.2, 0.25) is 0 Å². The van der Waals surface area contributed by atoms with E-state index in [0.717, 1.165) is 39.4 Å². The minimum atomic E-state index is 0.733. The molecule has 0 bridgehead atoms. The van der Waals surface area contributed by atoms with Gasteiger partial charge in [0.25, 0.3) is 0 Å². The molecule has 0 spiro atoms.